The van der Waals surface area contributed by atoms with Gasteiger partial charge in [0.2, 0.25) is 0 Å². The highest BCUT2D eigenvalue weighted by Crippen LogP contribution is 2.26. The van der Waals surface area contributed by atoms with E-state index in [1.807, 2.05) is 6.07 Å². The van der Waals surface area contributed by atoms with Gasteiger partial charge in [0.15, 0.2) is 0 Å². The molecule has 0 atom stereocenters. The highest BCUT2D eigenvalue weighted by molar-refractivity contribution is 9.10. The van der Waals surface area contributed by atoms with Crippen LogP contribution in [0.4, 0.5) is 0 Å². The first-order chi connectivity index (χ1) is 8.74. The summed E-state index contributed by atoms with van der Waals surface area (Å²) in [5.41, 5.74) is 1.02. The molecule has 1 aromatic rings. The molecule has 0 bridgehead atoms. The Morgan fingerprint density at radius 3 is 2.61 bits per heavy atom. The lowest BCUT2D eigenvalue weighted by Crippen LogP contribution is -2.10. The van der Waals surface area contributed by atoms with Gasteiger partial charge < -0.3 is 0 Å². The second-order valence-electron chi connectivity index (χ2n) is 5.29. The average Bonchev–Trinajstić information content (AvgIpc) is 2.57. The minimum Gasteiger partial charge on any atom is -0.299 e. The zero-order valence-electron chi connectivity index (χ0n) is 10.7. The van der Waals surface area contributed by atoms with Crippen LogP contribution in [0.3, 0.4) is 0 Å². The fraction of sp³-hybridized carbons (Fsp3) is 0.600. The normalized spacial score (nSPS) is 17.4. The van der Waals surface area contributed by atoms with Crippen molar-refractivity contribution in [3.8, 4) is 0 Å². The number of halogens is 1. The second kappa shape index (κ2) is 7.03. The number of rotatable bonds is 4. The molecule has 0 saturated heterocycles. The van der Waals surface area contributed by atoms with Gasteiger partial charge >= 0.3 is 0 Å². The Hall–Kier alpha value is -0.700. The van der Waals surface area contributed by atoms with Crippen molar-refractivity contribution in [3.05, 3.63) is 28.5 Å². The van der Waals surface area contributed by atoms with Crippen LogP contribution in [0.15, 0.2) is 22.9 Å². The summed E-state index contributed by atoms with van der Waals surface area (Å²) in [7, 11) is 0. The molecule has 0 aromatic carbocycles. The Morgan fingerprint density at radius 1 is 1.22 bits per heavy atom. The van der Waals surface area contributed by atoms with E-state index in [2.05, 4.69) is 20.9 Å². The van der Waals surface area contributed by atoms with E-state index in [1.165, 1.54) is 38.5 Å². The predicted molar refractivity (Wildman–Crippen MR) is 76.5 cm³/mol. The number of ketones is 1. The Morgan fingerprint density at radius 2 is 1.94 bits per heavy atom. The van der Waals surface area contributed by atoms with Gasteiger partial charge in [-0.05, 0) is 33.5 Å². The minimum atomic E-state index is 0.363. The van der Waals surface area contributed by atoms with E-state index in [0.717, 1.165) is 16.5 Å². The predicted octanol–water partition coefficient (Wildman–Crippen LogP) is 4.32. The van der Waals surface area contributed by atoms with Crippen molar-refractivity contribution in [1.82, 2.24) is 4.98 Å². The van der Waals surface area contributed by atoms with Gasteiger partial charge in [-0.2, -0.15) is 0 Å². The van der Waals surface area contributed by atoms with Crippen LogP contribution in [0, 0.1) is 5.92 Å². The van der Waals surface area contributed by atoms with E-state index in [1.54, 1.807) is 12.4 Å². The molecule has 1 fully saturated rings. The van der Waals surface area contributed by atoms with E-state index in [-0.39, 0.29) is 0 Å². The van der Waals surface area contributed by atoms with Gasteiger partial charge in [0.1, 0.15) is 5.78 Å². The summed E-state index contributed by atoms with van der Waals surface area (Å²) in [4.78, 5) is 16.2. The summed E-state index contributed by atoms with van der Waals surface area (Å²) in [6.45, 7) is 0. The zero-order valence-corrected chi connectivity index (χ0v) is 12.3. The van der Waals surface area contributed by atoms with E-state index >= 15 is 0 Å². The van der Waals surface area contributed by atoms with Gasteiger partial charge in [-0.3, -0.25) is 9.78 Å². The van der Waals surface area contributed by atoms with Crippen molar-refractivity contribution in [2.45, 2.75) is 51.4 Å². The number of hydrogen-bond acceptors (Lipinski definition) is 2. The summed E-state index contributed by atoms with van der Waals surface area (Å²) < 4.78 is 0.947. The quantitative estimate of drug-likeness (QED) is 0.775. The molecule has 98 valence electrons. The van der Waals surface area contributed by atoms with E-state index in [9.17, 15) is 4.79 Å². The zero-order chi connectivity index (χ0) is 12.8. The highest BCUT2D eigenvalue weighted by Gasteiger charge is 2.16. The van der Waals surface area contributed by atoms with Crippen molar-refractivity contribution < 1.29 is 4.79 Å². The first-order valence-electron chi connectivity index (χ1n) is 6.85. The topological polar surface area (TPSA) is 30.0 Å². The molecule has 0 N–H and O–H groups in total. The molecule has 18 heavy (non-hydrogen) atoms. The Labute approximate surface area is 117 Å². The first kappa shape index (κ1) is 13.7. The molecule has 2 nitrogen and oxygen atoms in total. The molecule has 2 rings (SSSR count). The molecule has 0 spiro atoms. The van der Waals surface area contributed by atoms with Crippen molar-refractivity contribution in [2.24, 2.45) is 5.92 Å². The molecule has 1 aliphatic carbocycles. The van der Waals surface area contributed by atoms with Crippen LogP contribution in [-0.4, -0.2) is 10.8 Å². The van der Waals surface area contributed by atoms with Gasteiger partial charge in [0, 0.05) is 29.7 Å². The highest BCUT2D eigenvalue weighted by atomic mass is 79.9. The summed E-state index contributed by atoms with van der Waals surface area (Å²) in [6, 6.07) is 1.98. The Balaban J connectivity index is 1.84. The third-order valence-corrected chi connectivity index (χ3v) is 4.09. The molecule has 3 heteroatoms. The van der Waals surface area contributed by atoms with Crippen LogP contribution in [0.25, 0.3) is 0 Å². The largest absolute Gasteiger partial charge is 0.299 e. The number of nitrogens with zero attached hydrogens (tertiary/aromatic N) is 1. The maximum atomic E-state index is 12.1. The lowest BCUT2D eigenvalue weighted by atomic mass is 9.92. The summed E-state index contributed by atoms with van der Waals surface area (Å²) >= 11 is 3.39. The smallest absolute Gasteiger partial charge is 0.137 e. The maximum absolute atomic E-state index is 12.1. The Bertz CT molecular complexity index is 397. The molecule has 1 heterocycles. The van der Waals surface area contributed by atoms with Crippen LogP contribution < -0.4 is 0 Å². The summed E-state index contributed by atoms with van der Waals surface area (Å²) in [5.74, 6) is 0.988. The number of carbonyl (C=O) groups excluding carboxylic acids is 1. The van der Waals surface area contributed by atoms with Crippen LogP contribution in [0.5, 0.6) is 0 Å². The van der Waals surface area contributed by atoms with Gasteiger partial charge in [0.25, 0.3) is 0 Å². The second-order valence-corrected chi connectivity index (χ2v) is 6.20. The Kier molecular flexibility index (Phi) is 5.36. The summed E-state index contributed by atoms with van der Waals surface area (Å²) in [6.07, 6.45) is 12.6. The van der Waals surface area contributed by atoms with Crippen LogP contribution in [-0.2, 0) is 11.2 Å². The first-order valence-corrected chi connectivity index (χ1v) is 7.64. The third kappa shape index (κ3) is 4.52. The van der Waals surface area contributed by atoms with Gasteiger partial charge in [-0.25, -0.2) is 0 Å². The molecule has 1 aromatic heterocycles. The van der Waals surface area contributed by atoms with E-state index < -0.39 is 0 Å². The number of aromatic nitrogens is 1. The number of carbonyl (C=O) groups is 1. The molecule has 1 aliphatic rings. The molecular weight excluding hydrogens is 290 g/mol. The minimum absolute atomic E-state index is 0.363. The maximum Gasteiger partial charge on any atom is 0.137 e. The molecule has 0 unspecified atom stereocenters. The van der Waals surface area contributed by atoms with Crippen molar-refractivity contribution in [1.29, 1.82) is 0 Å². The lowest BCUT2D eigenvalue weighted by molar-refractivity contribution is -0.119. The third-order valence-electron chi connectivity index (χ3n) is 3.65. The van der Waals surface area contributed by atoms with Crippen molar-refractivity contribution in [3.63, 3.8) is 0 Å². The fourth-order valence-electron chi connectivity index (χ4n) is 2.74. The van der Waals surface area contributed by atoms with Crippen molar-refractivity contribution >= 4 is 21.7 Å². The fourth-order valence-corrected chi connectivity index (χ4v) is 3.15. The number of Topliss-reactive ketones (excluding diaryl/α,β-unsaturated/α-hetero) is 1. The van der Waals surface area contributed by atoms with E-state index in [0.29, 0.717) is 18.1 Å². The number of hydrogen-bond donors (Lipinski definition) is 0. The van der Waals surface area contributed by atoms with Gasteiger partial charge in [-0.15, -0.1) is 0 Å². The molecular formula is C15H20BrNO. The molecule has 0 radical (unpaired) electrons. The van der Waals surface area contributed by atoms with E-state index in [4.69, 9.17) is 0 Å². The summed E-state index contributed by atoms with van der Waals surface area (Å²) in [5, 5.41) is 0. The SMILES string of the molecule is O=C(Cc1cncc(Br)c1)CC1CCCCCC1. The lowest BCUT2D eigenvalue weighted by Gasteiger charge is -2.12. The van der Waals surface area contributed by atoms with Gasteiger partial charge in [-0.1, -0.05) is 38.5 Å². The number of pyridine rings is 1. The van der Waals surface area contributed by atoms with Crippen LogP contribution >= 0.6 is 15.9 Å². The average molecular weight is 310 g/mol. The van der Waals surface area contributed by atoms with Gasteiger partial charge in [0.05, 0.1) is 0 Å². The molecule has 0 aliphatic heterocycles. The van der Waals surface area contributed by atoms with Crippen LogP contribution in [0.1, 0.15) is 50.5 Å². The van der Waals surface area contributed by atoms with Crippen molar-refractivity contribution in [2.75, 3.05) is 0 Å². The standard InChI is InChI=1S/C15H20BrNO/c16-14-7-13(10-17-11-14)9-15(18)8-12-5-3-1-2-4-6-12/h7,10-12H,1-6,8-9H2. The monoisotopic (exact) mass is 309 g/mol. The molecule has 0 amide bonds. The van der Waals surface area contributed by atoms with Crippen LogP contribution in [0.2, 0.25) is 0 Å². The molecule has 1 saturated carbocycles.